The van der Waals surface area contributed by atoms with Crippen LogP contribution in [0.2, 0.25) is 6.32 Å². The molecular formula is C31H46BNO8S. The minimum atomic E-state index is -1.27. The van der Waals surface area contributed by atoms with Crippen molar-refractivity contribution in [2.24, 2.45) is 5.41 Å². The van der Waals surface area contributed by atoms with Crippen LogP contribution in [0.5, 0.6) is 5.75 Å². The predicted molar refractivity (Wildman–Crippen MR) is 163 cm³/mol. The number of rotatable bonds is 7. The maximum atomic E-state index is 13.8. The van der Waals surface area contributed by atoms with Crippen molar-refractivity contribution in [3.05, 3.63) is 29.8 Å². The molecule has 3 aliphatic rings. The van der Waals surface area contributed by atoms with Gasteiger partial charge in [0.15, 0.2) is 5.54 Å². The molecule has 2 saturated heterocycles. The molecule has 1 aromatic carbocycles. The van der Waals surface area contributed by atoms with E-state index in [1.807, 2.05) is 58.9 Å². The van der Waals surface area contributed by atoms with E-state index in [1.165, 1.54) is 12.0 Å². The Morgan fingerprint density at radius 3 is 2.26 bits per heavy atom. The number of amides is 1. The zero-order chi connectivity index (χ0) is 31.1. The van der Waals surface area contributed by atoms with Crippen LogP contribution in [-0.2, 0) is 28.3 Å². The van der Waals surface area contributed by atoms with E-state index in [4.69, 9.17) is 40.5 Å². The Hall–Kier alpha value is -2.37. The highest BCUT2D eigenvalue weighted by molar-refractivity contribution is 7.79. The van der Waals surface area contributed by atoms with Crippen LogP contribution in [0.1, 0.15) is 86.1 Å². The molecule has 0 aromatic heterocycles. The van der Waals surface area contributed by atoms with Crippen molar-refractivity contribution < 1.29 is 37.8 Å². The Morgan fingerprint density at radius 1 is 1.07 bits per heavy atom. The number of hydrogen-bond donors (Lipinski definition) is 0. The van der Waals surface area contributed by atoms with Gasteiger partial charge in [-0.15, -0.1) is 0 Å². The normalized spacial score (nSPS) is 27.9. The Labute approximate surface area is 256 Å². The minimum Gasteiger partial charge on any atom is -0.467 e. The van der Waals surface area contributed by atoms with Crippen LogP contribution in [0.4, 0.5) is 4.79 Å². The lowest BCUT2D eigenvalue weighted by Crippen LogP contribution is -2.60. The van der Waals surface area contributed by atoms with Gasteiger partial charge in [0.1, 0.15) is 17.5 Å². The SMILES string of the molecule is COC(=O)[C@]12CCC[C@@]1(CCCB1OC(C)(C)C(C)(C)O1)C(OC(=S)Oc1ccc(C)cc1)CN2C(=O)OC(C)(C)C. The van der Waals surface area contributed by atoms with Crippen molar-refractivity contribution in [3.8, 4) is 5.75 Å². The average Bonchev–Trinajstić information content (AvgIpc) is 3.44. The molecule has 9 nitrogen and oxygen atoms in total. The summed E-state index contributed by atoms with van der Waals surface area (Å²) in [4.78, 5) is 29.0. The zero-order valence-corrected chi connectivity index (χ0v) is 27.4. The monoisotopic (exact) mass is 603 g/mol. The molecule has 232 valence electrons. The van der Waals surface area contributed by atoms with Crippen molar-refractivity contribution in [2.45, 2.75) is 122 Å². The number of likely N-dealkylation sites (tertiary alicyclic amines) is 1. The lowest BCUT2D eigenvalue weighted by Gasteiger charge is -2.43. The largest absolute Gasteiger partial charge is 0.467 e. The van der Waals surface area contributed by atoms with E-state index in [0.29, 0.717) is 44.2 Å². The van der Waals surface area contributed by atoms with Crippen LogP contribution >= 0.6 is 12.2 Å². The van der Waals surface area contributed by atoms with Crippen molar-refractivity contribution in [2.75, 3.05) is 13.7 Å². The second-order valence-corrected chi connectivity index (χ2v) is 14.1. The lowest BCUT2D eigenvalue weighted by molar-refractivity contribution is -0.160. The number of carbonyl (C=O) groups excluding carboxylic acids is 2. The first-order valence-electron chi connectivity index (χ1n) is 14.9. The van der Waals surface area contributed by atoms with Crippen molar-refractivity contribution in [3.63, 3.8) is 0 Å². The van der Waals surface area contributed by atoms with Gasteiger partial charge in [-0.1, -0.05) is 24.1 Å². The number of benzene rings is 1. The van der Waals surface area contributed by atoms with E-state index >= 15 is 0 Å². The standard InChI is InChI=1S/C31H46BNO8S/c1-21-12-14-22(15-13-21)37-26(42)38-23-20-33(25(35)39-27(2,3)4)31(24(34)36-9)18-10-16-30(23,31)17-11-19-32-40-28(5,6)29(7,8)41-32/h12-15,23H,10-11,16-20H2,1-9H3/t23?,30-,31-/m1/s1. The number of hydrogen-bond acceptors (Lipinski definition) is 9. The Bertz CT molecular complexity index is 1170. The highest BCUT2D eigenvalue weighted by Crippen LogP contribution is 2.61. The van der Waals surface area contributed by atoms with E-state index in [0.717, 1.165) is 5.56 Å². The quantitative estimate of drug-likeness (QED) is 0.204. The molecule has 4 rings (SSSR count). The first kappa shape index (κ1) is 32.5. The molecule has 3 fully saturated rings. The summed E-state index contributed by atoms with van der Waals surface area (Å²) in [7, 11) is 0.978. The molecule has 1 aromatic rings. The van der Waals surface area contributed by atoms with E-state index in [9.17, 15) is 9.59 Å². The van der Waals surface area contributed by atoms with Crippen molar-refractivity contribution in [1.29, 1.82) is 0 Å². The number of carbonyl (C=O) groups is 2. The topological polar surface area (TPSA) is 92.8 Å². The fourth-order valence-electron chi connectivity index (χ4n) is 6.73. The summed E-state index contributed by atoms with van der Waals surface area (Å²) < 4.78 is 35.9. The fraction of sp³-hybridized carbons (Fsp3) is 0.710. The van der Waals surface area contributed by atoms with Gasteiger partial charge in [0.25, 0.3) is 0 Å². The van der Waals surface area contributed by atoms with Crippen LogP contribution in [0, 0.1) is 12.3 Å². The van der Waals surface area contributed by atoms with Crippen LogP contribution in [0.25, 0.3) is 0 Å². The molecular weight excluding hydrogens is 557 g/mol. The molecule has 1 amide bonds. The van der Waals surface area contributed by atoms with E-state index in [1.54, 1.807) is 20.8 Å². The average molecular weight is 604 g/mol. The summed E-state index contributed by atoms with van der Waals surface area (Å²) >= 11 is 5.55. The first-order chi connectivity index (χ1) is 19.5. The summed E-state index contributed by atoms with van der Waals surface area (Å²) in [6.07, 6.45) is 2.42. The van der Waals surface area contributed by atoms with E-state index in [2.05, 4.69) is 0 Å². The highest BCUT2D eigenvalue weighted by Gasteiger charge is 2.73. The zero-order valence-electron chi connectivity index (χ0n) is 26.5. The third-order valence-electron chi connectivity index (χ3n) is 9.37. The Balaban J connectivity index is 1.64. The number of ether oxygens (including phenoxy) is 4. The van der Waals surface area contributed by atoms with Gasteiger partial charge in [0.2, 0.25) is 0 Å². The van der Waals surface area contributed by atoms with Gasteiger partial charge < -0.3 is 28.3 Å². The summed E-state index contributed by atoms with van der Waals surface area (Å²) in [6.45, 7) is 15.6. The van der Waals surface area contributed by atoms with Crippen LogP contribution in [0.15, 0.2) is 24.3 Å². The Kier molecular flexibility index (Phi) is 9.00. The molecule has 0 spiro atoms. The second kappa shape index (κ2) is 11.6. The van der Waals surface area contributed by atoms with Gasteiger partial charge in [0, 0.05) is 17.6 Å². The third-order valence-corrected chi connectivity index (χ3v) is 9.55. The number of aryl methyl sites for hydroxylation is 1. The maximum Gasteiger partial charge on any atom is 0.457 e. The number of esters is 1. The molecule has 11 heteroatoms. The molecule has 0 radical (unpaired) electrons. The second-order valence-electron chi connectivity index (χ2n) is 13.8. The van der Waals surface area contributed by atoms with Gasteiger partial charge in [0.05, 0.1) is 24.9 Å². The first-order valence-corrected chi connectivity index (χ1v) is 15.3. The van der Waals surface area contributed by atoms with Gasteiger partial charge in [-0.05, 0) is 99.5 Å². The molecule has 1 saturated carbocycles. The van der Waals surface area contributed by atoms with Gasteiger partial charge >= 0.3 is 24.4 Å². The maximum absolute atomic E-state index is 13.8. The molecule has 42 heavy (non-hydrogen) atoms. The fourth-order valence-corrected chi connectivity index (χ4v) is 6.94. The highest BCUT2D eigenvalue weighted by atomic mass is 32.1. The molecule has 1 unspecified atom stereocenters. The van der Waals surface area contributed by atoms with Crippen molar-refractivity contribution in [1.82, 2.24) is 4.90 Å². The summed E-state index contributed by atoms with van der Waals surface area (Å²) in [5, 5.41) is -0.0640. The van der Waals surface area contributed by atoms with Gasteiger partial charge in [-0.2, -0.15) is 0 Å². The predicted octanol–water partition coefficient (Wildman–Crippen LogP) is 6.25. The molecule has 0 bridgehead atoms. The number of thiocarbonyl (C=S) groups is 1. The molecule has 0 N–H and O–H groups in total. The van der Waals surface area contributed by atoms with Crippen LogP contribution < -0.4 is 4.74 Å². The van der Waals surface area contributed by atoms with E-state index < -0.39 is 45.9 Å². The Morgan fingerprint density at radius 2 is 1.69 bits per heavy atom. The van der Waals surface area contributed by atoms with Gasteiger partial charge in [-0.3, -0.25) is 4.90 Å². The minimum absolute atomic E-state index is 0.0640. The molecule has 3 atom stereocenters. The smallest absolute Gasteiger partial charge is 0.457 e. The van der Waals surface area contributed by atoms with Crippen molar-refractivity contribution >= 4 is 36.6 Å². The van der Waals surface area contributed by atoms with Gasteiger partial charge in [-0.25, -0.2) is 9.59 Å². The summed E-state index contributed by atoms with van der Waals surface area (Å²) in [5.74, 6) is 0.0750. The van der Waals surface area contributed by atoms with Crippen LogP contribution in [0.3, 0.4) is 0 Å². The van der Waals surface area contributed by atoms with E-state index in [-0.39, 0.29) is 18.9 Å². The lowest BCUT2D eigenvalue weighted by atomic mass is 9.66. The molecule has 2 heterocycles. The number of nitrogens with zero attached hydrogens (tertiary/aromatic N) is 1. The summed E-state index contributed by atoms with van der Waals surface area (Å²) in [6, 6.07) is 7.49. The third kappa shape index (κ3) is 6.02. The number of fused-ring (bicyclic) bond motifs is 1. The van der Waals surface area contributed by atoms with Crippen LogP contribution in [-0.4, -0.2) is 71.4 Å². The molecule has 2 aliphatic heterocycles. The number of methoxy groups -OCH3 is 1. The summed E-state index contributed by atoms with van der Waals surface area (Å²) in [5.41, 5.74) is -2.61. The molecule has 1 aliphatic carbocycles.